The summed E-state index contributed by atoms with van der Waals surface area (Å²) >= 11 is 5.32. The molecule has 76 valence electrons. The van der Waals surface area contributed by atoms with Crippen molar-refractivity contribution in [1.29, 1.82) is 0 Å². The Morgan fingerprint density at radius 3 is 2.15 bits per heavy atom. The largest absolute Gasteiger partial charge is 0.417 e. The van der Waals surface area contributed by atoms with Crippen molar-refractivity contribution < 1.29 is 13.2 Å². The Hall–Kier alpha value is -0.720. The van der Waals surface area contributed by atoms with Crippen LogP contribution in [0.4, 0.5) is 13.2 Å². The first-order valence-corrected chi connectivity index (χ1v) is 3.54. The predicted molar refractivity (Wildman–Crippen MR) is 44.5 cm³/mol. The Kier molecular flexibility index (Phi) is 4.25. The van der Waals surface area contributed by atoms with E-state index in [1.54, 1.807) is 0 Å². The van der Waals surface area contributed by atoms with E-state index in [1.165, 1.54) is 0 Å². The van der Waals surface area contributed by atoms with Gasteiger partial charge in [-0.15, -0.1) is 0 Å². The SMILES string of the molecule is C=C(/C(Cl)=C(/CN)NN)C(F)(F)F. The highest BCUT2D eigenvalue weighted by atomic mass is 35.5. The molecule has 0 unspecified atom stereocenters. The van der Waals surface area contributed by atoms with E-state index in [1.807, 2.05) is 5.43 Å². The average Bonchev–Trinajstić information content (AvgIpc) is 2.03. The van der Waals surface area contributed by atoms with Crippen molar-refractivity contribution in [2.75, 3.05) is 6.54 Å². The standard InChI is InChI=1S/C6H9ClF3N3/c1-3(6(8,9)10)5(7)4(2-11)13-12/h13H,1-2,11-12H2/b5-4+. The third-order valence-corrected chi connectivity index (χ3v) is 1.71. The zero-order chi connectivity index (χ0) is 10.6. The van der Waals surface area contributed by atoms with Crippen LogP contribution < -0.4 is 17.0 Å². The molecule has 0 aliphatic carbocycles. The van der Waals surface area contributed by atoms with Crippen molar-refractivity contribution in [3.63, 3.8) is 0 Å². The molecule has 7 heteroatoms. The summed E-state index contributed by atoms with van der Waals surface area (Å²) in [5.74, 6) is 4.88. The molecule has 0 radical (unpaired) electrons. The van der Waals surface area contributed by atoms with Crippen molar-refractivity contribution >= 4 is 11.6 Å². The summed E-state index contributed by atoms with van der Waals surface area (Å²) in [6.07, 6.45) is -4.58. The van der Waals surface area contributed by atoms with Crippen LogP contribution in [0.5, 0.6) is 0 Å². The summed E-state index contributed by atoms with van der Waals surface area (Å²) in [5.41, 5.74) is 5.76. The minimum atomic E-state index is -4.58. The van der Waals surface area contributed by atoms with Gasteiger partial charge < -0.3 is 11.2 Å². The van der Waals surface area contributed by atoms with Gasteiger partial charge in [-0.25, -0.2) is 0 Å². The van der Waals surface area contributed by atoms with E-state index < -0.39 is 16.8 Å². The molecule has 0 rings (SSSR count). The molecule has 0 bridgehead atoms. The first-order chi connectivity index (χ1) is 5.84. The van der Waals surface area contributed by atoms with Gasteiger partial charge in [-0.2, -0.15) is 13.2 Å². The number of hydrogen-bond acceptors (Lipinski definition) is 3. The van der Waals surface area contributed by atoms with Crippen LogP contribution in [0, 0.1) is 0 Å². The molecule has 5 N–H and O–H groups in total. The summed E-state index contributed by atoms with van der Waals surface area (Å²) < 4.78 is 36.0. The van der Waals surface area contributed by atoms with Gasteiger partial charge in [0.2, 0.25) is 0 Å². The number of rotatable bonds is 3. The topological polar surface area (TPSA) is 64.1 Å². The minimum Gasteiger partial charge on any atom is -0.325 e. The molecule has 0 heterocycles. The van der Waals surface area contributed by atoms with E-state index >= 15 is 0 Å². The maximum absolute atomic E-state index is 12.0. The molecule has 13 heavy (non-hydrogen) atoms. The lowest BCUT2D eigenvalue weighted by molar-refractivity contribution is -0.0883. The lowest BCUT2D eigenvalue weighted by Crippen LogP contribution is -2.28. The minimum absolute atomic E-state index is 0.107. The molecule has 0 atom stereocenters. The van der Waals surface area contributed by atoms with Gasteiger partial charge in [0.25, 0.3) is 0 Å². The Balaban J connectivity index is 4.87. The van der Waals surface area contributed by atoms with E-state index in [0.29, 0.717) is 0 Å². The zero-order valence-electron chi connectivity index (χ0n) is 6.58. The molecule has 0 saturated carbocycles. The molecular formula is C6H9ClF3N3. The van der Waals surface area contributed by atoms with Crippen LogP contribution in [0.3, 0.4) is 0 Å². The number of nitrogens with one attached hydrogen (secondary N) is 1. The third-order valence-electron chi connectivity index (χ3n) is 1.25. The van der Waals surface area contributed by atoms with E-state index in [0.717, 1.165) is 0 Å². The predicted octanol–water partition coefficient (Wildman–Crippen LogP) is 0.977. The Morgan fingerprint density at radius 1 is 1.46 bits per heavy atom. The monoisotopic (exact) mass is 215 g/mol. The Labute approximate surface area is 78.2 Å². The van der Waals surface area contributed by atoms with Gasteiger partial charge in [0.15, 0.2) is 0 Å². The average molecular weight is 216 g/mol. The van der Waals surface area contributed by atoms with Crippen molar-refractivity contribution in [3.8, 4) is 0 Å². The van der Waals surface area contributed by atoms with Crippen molar-refractivity contribution in [2.45, 2.75) is 6.18 Å². The van der Waals surface area contributed by atoms with E-state index in [-0.39, 0.29) is 12.2 Å². The van der Waals surface area contributed by atoms with Crippen LogP contribution in [-0.4, -0.2) is 12.7 Å². The molecule has 0 aliphatic rings. The molecule has 0 fully saturated rings. The first-order valence-electron chi connectivity index (χ1n) is 3.16. The highest BCUT2D eigenvalue weighted by Gasteiger charge is 2.34. The molecule has 0 aromatic rings. The van der Waals surface area contributed by atoms with E-state index in [2.05, 4.69) is 6.58 Å². The van der Waals surface area contributed by atoms with Crippen molar-refractivity contribution in [2.24, 2.45) is 11.6 Å². The van der Waals surface area contributed by atoms with E-state index in [9.17, 15) is 13.2 Å². The summed E-state index contributed by atoms with van der Waals surface area (Å²) in [4.78, 5) is 0. The van der Waals surface area contributed by atoms with Crippen LogP contribution in [0.15, 0.2) is 22.9 Å². The number of alkyl halides is 3. The lowest BCUT2D eigenvalue weighted by Gasteiger charge is -2.12. The Bertz CT molecular complexity index is 228. The summed E-state index contributed by atoms with van der Waals surface area (Å²) in [5, 5.41) is -0.600. The van der Waals surface area contributed by atoms with Gasteiger partial charge in [0.05, 0.1) is 16.3 Å². The smallest absolute Gasteiger partial charge is 0.325 e. The van der Waals surface area contributed by atoms with Gasteiger partial charge in [-0.05, 0) is 0 Å². The lowest BCUT2D eigenvalue weighted by atomic mass is 10.2. The van der Waals surface area contributed by atoms with Gasteiger partial charge in [0.1, 0.15) is 0 Å². The third kappa shape index (κ3) is 3.25. The molecule has 0 spiro atoms. The second-order valence-electron chi connectivity index (χ2n) is 2.12. The zero-order valence-corrected chi connectivity index (χ0v) is 7.34. The quantitative estimate of drug-likeness (QED) is 0.374. The molecule has 3 nitrogen and oxygen atoms in total. The fraction of sp³-hybridized carbons (Fsp3) is 0.333. The molecular weight excluding hydrogens is 207 g/mol. The van der Waals surface area contributed by atoms with Crippen LogP contribution in [0.25, 0.3) is 0 Å². The maximum atomic E-state index is 12.0. The number of hydrazine groups is 1. The molecule has 0 aromatic carbocycles. The van der Waals surface area contributed by atoms with Crippen LogP contribution >= 0.6 is 11.6 Å². The van der Waals surface area contributed by atoms with Gasteiger partial charge in [-0.1, -0.05) is 18.2 Å². The van der Waals surface area contributed by atoms with Crippen molar-refractivity contribution in [3.05, 3.63) is 22.9 Å². The second kappa shape index (κ2) is 4.50. The van der Waals surface area contributed by atoms with Crippen LogP contribution in [0.2, 0.25) is 0 Å². The van der Waals surface area contributed by atoms with Gasteiger partial charge >= 0.3 is 6.18 Å². The number of hydrogen-bond donors (Lipinski definition) is 3. The maximum Gasteiger partial charge on any atom is 0.417 e. The summed E-state index contributed by atoms with van der Waals surface area (Å²) in [7, 11) is 0. The fourth-order valence-electron chi connectivity index (χ4n) is 0.518. The first kappa shape index (κ1) is 12.3. The molecule has 0 amide bonds. The van der Waals surface area contributed by atoms with Crippen LogP contribution in [-0.2, 0) is 0 Å². The molecule has 0 saturated heterocycles. The van der Waals surface area contributed by atoms with E-state index in [4.69, 9.17) is 23.2 Å². The summed E-state index contributed by atoms with van der Waals surface area (Å²) in [6, 6.07) is 0. The Morgan fingerprint density at radius 2 is 1.92 bits per heavy atom. The highest BCUT2D eigenvalue weighted by Crippen LogP contribution is 2.32. The normalized spacial score (nSPS) is 13.7. The number of nitrogens with two attached hydrogens (primary N) is 2. The number of halogens is 4. The summed E-state index contributed by atoms with van der Waals surface area (Å²) in [6.45, 7) is 2.56. The van der Waals surface area contributed by atoms with Gasteiger partial charge in [-0.3, -0.25) is 5.84 Å². The molecule has 0 aromatic heterocycles. The van der Waals surface area contributed by atoms with Crippen LogP contribution in [0.1, 0.15) is 0 Å². The highest BCUT2D eigenvalue weighted by molar-refractivity contribution is 6.32. The van der Waals surface area contributed by atoms with Gasteiger partial charge in [0, 0.05) is 6.54 Å². The number of allylic oxidation sites excluding steroid dienone is 2. The van der Waals surface area contributed by atoms with Crippen molar-refractivity contribution in [1.82, 2.24) is 5.43 Å². The second-order valence-corrected chi connectivity index (χ2v) is 2.50. The molecule has 0 aliphatic heterocycles. The fourth-order valence-corrected chi connectivity index (χ4v) is 0.757.